The standard InChI is InChI=1S/C29H28N6O2S3/c1-17-4-13-22-23(14-17)40-26-24(22)25-30-32-28(38-15-18-5-9-20(36-2)10-6-18)34(25)27-31-33-29(35(26)27)39-16-19-7-11-21(37-3)12-8-19/h5-12,17H,4,13-16H2,1-3H3/t17-/m1/s1. The maximum Gasteiger partial charge on any atom is 0.245 e. The summed E-state index contributed by atoms with van der Waals surface area (Å²) in [6, 6.07) is 16.3. The molecule has 0 N–H and O–H groups in total. The van der Waals surface area contributed by atoms with Crippen LogP contribution in [0.15, 0.2) is 58.8 Å². The third kappa shape index (κ3) is 4.49. The monoisotopic (exact) mass is 588 g/mol. The highest BCUT2D eigenvalue weighted by Gasteiger charge is 2.27. The van der Waals surface area contributed by atoms with E-state index in [0.29, 0.717) is 5.92 Å². The van der Waals surface area contributed by atoms with Crippen molar-refractivity contribution in [3.8, 4) is 11.5 Å². The Kier molecular flexibility index (Phi) is 6.81. The molecule has 1 atom stereocenters. The lowest BCUT2D eigenvalue weighted by atomic mass is 9.89. The average Bonchev–Trinajstić information content (AvgIpc) is 3.70. The molecule has 204 valence electrons. The van der Waals surface area contributed by atoms with Gasteiger partial charge in [-0.15, -0.1) is 31.7 Å². The molecule has 4 aromatic heterocycles. The number of benzene rings is 2. The van der Waals surface area contributed by atoms with Crippen molar-refractivity contribution in [1.29, 1.82) is 0 Å². The topological polar surface area (TPSA) is 78.8 Å². The molecule has 2 aromatic carbocycles. The van der Waals surface area contributed by atoms with E-state index in [0.717, 1.165) is 57.6 Å². The fourth-order valence-corrected chi connectivity index (χ4v) is 8.58. The lowest BCUT2D eigenvalue weighted by molar-refractivity contribution is 0.414. The fraction of sp³-hybridized carbons (Fsp3) is 0.310. The van der Waals surface area contributed by atoms with Gasteiger partial charge in [0.1, 0.15) is 16.3 Å². The number of hydrogen-bond acceptors (Lipinski definition) is 9. The Morgan fingerprint density at radius 3 is 2.05 bits per heavy atom. The summed E-state index contributed by atoms with van der Waals surface area (Å²) in [7, 11) is 3.37. The Balaban J connectivity index is 1.32. The highest BCUT2D eigenvalue weighted by Crippen LogP contribution is 2.42. The molecule has 1 aliphatic rings. The van der Waals surface area contributed by atoms with Gasteiger partial charge in [0, 0.05) is 16.4 Å². The van der Waals surface area contributed by atoms with Crippen LogP contribution in [0.4, 0.5) is 0 Å². The van der Waals surface area contributed by atoms with Crippen LogP contribution in [0.5, 0.6) is 11.5 Å². The minimum absolute atomic E-state index is 0.686. The van der Waals surface area contributed by atoms with Crippen LogP contribution in [0.3, 0.4) is 0 Å². The Morgan fingerprint density at radius 1 is 0.825 bits per heavy atom. The van der Waals surface area contributed by atoms with Crippen LogP contribution >= 0.6 is 34.9 Å². The van der Waals surface area contributed by atoms with E-state index < -0.39 is 0 Å². The van der Waals surface area contributed by atoms with E-state index in [9.17, 15) is 0 Å². The number of thiophene rings is 1. The van der Waals surface area contributed by atoms with Crippen LogP contribution in [0.25, 0.3) is 21.6 Å². The van der Waals surface area contributed by atoms with E-state index >= 15 is 0 Å². The van der Waals surface area contributed by atoms with E-state index in [1.165, 1.54) is 38.2 Å². The molecule has 11 heteroatoms. The van der Waals surface area contributed by atoms with Gasteiger partial charge in [0.2, 0.25) is 5.78 Å². The number of hydrogen-bond donors (Lipinski definition) is 0. The van der Waals surface area contributed by atoms with Crippen LogP contribution in [0, 0.1) is 5.92 Å². The molecular weight excluding hydrogens is 561 g/mol. The molecule has 0 unspecified atom stereocenters. The third-order valence-corrected chi connectivity index (χ3v) is 10.7. The van der Waals surface area contributed by atoms with Crippen molar-refractivity contribution in [2.45, 2.75) is 48.0 Å². The molecule has 0 bridgehead atoms. The SMILES string of the molecule is COc1ccc(CSc2nnc3c4c5c(sc4n4c(SCc6ccc(OC)cc6)nnc4n23)C[C@H](C)CC5)cc1. The summed E-state index contributed by atoms with van der Waals surface area (Å²) < 4.78 is 15.0. The molecular formula is C29H28N6O2S3. The zero-order valence-electron chi connectivity index (χ0n) is 22.5. The van der Waals surface area contributed by atoms with Gasteiger partial charge in [0.15, 0.2) is 16.0 Å². The van der Waals surface area contributed by atoms with Crippen molar-refractivity contribution in [3.63, 3.8) is 0 Å². The van der Waals surface area contributed by atoms with Gasteiger partial charge in [0.25, 0.3) is 0 Å². The second kappa shape index (κ2) is 10.6. The largest absolute Gasteiger partial charge is 0.497 e. The van der Waals surface area contributed by atoms with Gasteiger partial charge < -0.3 is 9.47 Å². The number of nitrogens with zero attached hydrogens (tertiary/aromatic N) is 6. The van der Waals surface area contributed by atoms with Crippen molar-refractivity contribution in [3.05, 3.63) is 70.1 Å². The second-order valence-corrected chi connectivity index (χ2v) is 13.0. The number of aromatic nitrogens is 6. The predicted octanol–water partition coefficient (Wildman–Crippen LogP) is 6.71. The molecule has 0 saturated carbocycles. The molecule has 40 heavy (non-hydrogen) atoms. The van der Waals surface area contributed by atoms with Gasteiger partial charge >= 0.3 is 0 Å². The van der Waals surface area contributed by atoms with Crippen LogP contribution < -0.4 is 9.47 Å². The van der Waals surface area contributed by atoms with E-state index in [1.54, 1.807) is 37.7 Å². The number of aryl methyl sites for hydroxylation is 1. The molecule has 0 saturated heterocycles. The normalized spacial score (nSPS) is 15.2. The molecule has 0 radical (unpaired) electrons. The molecule has 1 aliphatic carbocycles. The van der Waals surface area contributed by atoms with Gasteiger partial charge in [-0.25, -0.2) is 8.80 Å². The first-order valence-corrected chi connectivity index (χ1v) is 16.0. The minimum atomic E-state index is 0.686. The van der Waals surface area contributed by atoms with Crippen LogP contribution in [0.2, 0.25) is 0 Å². The molecule has 8 nitrogen and oxygen atoms in total. The van der Waals surface area contributed by atoms with Crippen LogP contribution in [0.1, 0.15) is 34.9 Å². The zero-order valence-corrected chi connectivity index (χ0v) is 24.9. The number of ether oxygens (including phenoxy) is 2. The summed E-state index contributed by atoms with van der Waals surface area (Å²) >= 11 is 5.23. The quantitative estimate of drug-likeness (QED) is 0.182. The fourth-order valence-electron chi connectivity index (χ4n) is 5.25. The van der Waals surface area contributed by atoms with Crippen LogP contribution in [-0.2, 0) is 24.3 Å². The summed E-state index contributed by atoms with van der Waals surface area (Å²) in [6.45, 7) is 2.35. The second-order valence-electron chi connectivity index (χ2n) is 10.1. The predicted molar refractivity (Wildman–Crippen MR) is 161 cm³/mol. The lowest BCUT2D eigenvalue weighted by Crippen LogP contribution is -2.08. The number of fused-ring (bicyclic) bond motifs is 8. The molecule has 0 aliphatic heterocycles. The molecule has 6 aromatic rings. The Bertz CT molecular complexity index is 1830. The van der Waals surface area contributed by atoms with Gasteiger partial charge in [0.05, 0.1) is 19.6 Å². The van der Waals surface area contributed by atoms with Crippen molar-refractivity contribution in [1.82, 2.24) is 29.2 Å². The van der Waals surface area contributed by atoms with Crippen LogP contribution in [-0.4, -0.2) is 43.4 Å². The summed E-state index contributed by atoms with van der Waals surface area (Å²) in [5.41, 5.74) is 4.70. The molecule has 4 heterocycles. The molecule has 0 amide bonds. The van der Waals surface area contributed by atoms with Crippen molar-refractivity contribution >= 4 is 56.5 Å². The molecule has 0 fully saturated rings. The van der Waals surface area contributed by atoms with E-state index in [2.05, 4.69) is 50.2 Å². The zero-order chi connectivity index (χ0) is 27.2. The number of rotatable bonds is 8. The highest BCUT2D eigenvalue weighted by molar-refractivity contribution is 7.98. The summed E-state index contributed by atoms with van der Waals surface area (Å²) in [5.74, 6) is 4.70. The first-order chi connectivity index (χ1) is 19.6. The van der Waals surface area contributed by atoms with Gasteiger partial charge in [-0.3, -0.25) is 0 Å². The Morgan fingerprint density at radius 2 is 1.43 bits per heavy atom. The van der Waals surface area contributed by atoms with Crippen molar-refractivity contribution in [2.75, 3.05) is 14.2 Å². The molecule has 7 rings (SSSR count). The average molecular weight is 589 g/mol. The maximum atomic E-state index is 5.32. The van der Waals surface area contributed by atoms with E-state index in [-0.39, 0.29) is 0 Å². The van der Waals surface area contributed by atoms with Crippen molar-refractivity contribution in [2.24, 2.45) is 5.92 Å². The minimum Gasteiger partial charge on any atom is -0.497 e. The number of thioether (sulfide) groups is 2. The smallest absolute Gasteiger partial charge is 0.245 e. The van der Waals surface area contributed by atoms with Gasteiger partial charge in [-0.1, -0.05) is 54.7 Å². The first-order valence-electron chi connectivity index (χ1n) is 13.2. The maximum absolute atomic E-state index is 5.32. The van der Waals surface area contributed by atoms with Crippen molar-refractivity contribution < 1.29 is 9.47 Å². The van der Waals surface area contributed by atoms with E-state index in [4.69, 9.17) is 19.7 Å². The number of methoxy groups -OCH3 is 2. The highest BCUT2D eigenvalue weighted by atomic mass is 32.2. The Labute approximate surface area is 244 Å². The van der Waals surface area contributed by atoms with E-state index in [1.807, 2.05) is 35.6 Å². The Hall–Kier alpha value is -3.28. The third-order valence-electron chi connectivity index (χ3n) is 7.42. The summed E-state index contributed by atoms with van der Waals surface area (Å²) in [4.78, 5) is 2.63. The molecule has 0 spiro atoms. The lowest BCUT2D eigenvalue weighted by Gasteiger charge is -2.17. The summed E-state index contributed by atoms with van der Waals surface area (Å²) in [6.07, 6.45) is 3.36. The van der Waals surface area contributed by atoms with Gasteiger partial charge in [-0.05, 0) is 66.1 Å². The summed E-state index contributed by atoms with van der Waals surface area (Å²) in [5, 5.41) is 21.7. The van der Waals surface area contributed by atoms with Gasteiger partial charge in [-0.2, -0.15) is 0 Å². The first kappa shape index (κ1) is 25.7.